The van der Waals surface area contributed by atoms with Crippen LogP contribution in [0.5, 0.6) is 0 Å². The van der Waals surface area contributed by atoms with Gasteiger partial charge in [-0.05, 0) is 83.5 Å². The fraction of sp³-hybridized carbons (Fsp3) is 0.811. The molecule has 0 radical (unpaired) electrons. The maximum Gasteiger partial charge on any atom is 0.305 e. The van der Waals surface area contributed by atoms with Crippen LogP contribution in [0.25, 0.3) is 0 Å². The number of unbranched alkanes of at least 4 members (excludes halogenated alkanes) is 29. The van der Waals surface area contributed by atoms with Crippen LogP contribution >= 0.6 is 0 Å². The standard InChI is InChI=1S/C53H97NO5/c1-3-5-7-9-11-13-14-23-27-31-35-39-43-47-53(58)59-48-44-40-36-32-28-25-22-20-18-16-15-17-19-21-24-26-30-34-38-42-46-52(57)54-50(49-55)51(56)45-41-37-33-29-12-10-8-6-4-2/h7,9,13-15,17,41,45,50-51,55-56H,3-6,8,10-12,16,18-40,42-44,46-49H2,1-2H3,(H,54,57)/b9-7-,14-13-,17-15-,45-41+. The molecule has 6 heteroatoms. The Labute approximate surface area is 366 Å². The number of carbonyl (C=O) groups excluding carboxylic acids is 2. The number of aliphatic hydroxyl groups is 2. The first kappa shape index (κ1) is 56.8. The second kappa shape index (κ2) is 48.5. The van der Waals surface area contributed by atoms with E-state index in [4.69, 9.17) is 4.74 Å². The summed E-state index contributed by atoms with van der Waals surface area (Å²) >= 11 is 0. The number of esters is 1. The van der Waals surface area contributed by atoms with Crippen LogP contribution in [0.4, 0.5) is 0 Å². The van der Waals surface area contributed by atoms with Crippen molar-refractivity contribution >= 4 is 11.9 Å². The SMILES string of the molecule is CCC/C=C\C/C=C\CCCCCCCC(=O)OCCCCCCCCCCC/C=C\CCCCCCCCCC(=O)NC(CO)C(O)/C=C/CCCCCCCCC. The number of allylic oxidation sites excluding steroid dienone is 7. The summed E-state index contributed by atoms with van der Waals surface area (Å²) in [6, 6.07) is -0.633. The number of ether oxygens (including phenoxy) is 1. The molecule has 0 saturated carbocycles. The summed E-state index contributed by atoms with van der Waals surface area (Å²) in [6.07, 6.45) is 59.8. The van der Waals surface area contributed by atoms with E-state index < -0.39 is 12.1 Å². The van der Waals surface area contributed by atoms with Gasteiger partial charge >= 0.3 is 5.97 Å². The Morgan fingerprint density at radius 2 is 0.881 bits per heavy atom. The number of amides is 1. The largest absolute Gasteiger partial charge is 0.466 e. The molecule has 0 aliphatic rings. The van der Waals surface area contributed by atoms with Crippen LogP contribution in [0.3, 0.4) is 0 Å². The zero-order chi connectivity index (χ0) is 43.0. The average Bonchev–Trinajstić information content (AvgIpc) is 3.24. The van der Waals surface area contributed by atoms with Crippen LogP contribution in [-0.2, 0) is 14.3 Å². The third kappa shape index (κ3) is 45.2. The lowest BCUT2D eigenvalue weighted by molar-refractivity contribution is -0.143. The zero-order valence-electron chi connectivity index (χ0n) is 39.0. The fourth-order valence-corrected chi connectivity index (χ4v) is 7.37. The Kier molecular flexibility index (Phi) is 46.7. The van der Waals surface area contributed by atoms with E-state index in [2.05, 4.69) is 55.6 Å². The molecule has 2 atom stereocenters. The van der Waals surface area contributed by atoms with Gasteiger partial charge in [-0.25, -0.2) is 0 Å². The molecule has 0 rings (SSSR count). The van der Waals surface area contributed by atoms with Crippen molar-refractivity contribution in [3.05, 3.63) is 48.6 Å². The molecule has 0 saturated heterocycles. The van der Waals surface area contributed by atoms with Crippen LogP contribution in [0.2, 0.25) is 0 Å². The number of aliphatic hydroxyl groups excluding tert-OH is 2. The first-order chi connectivity index (χ1) is 29.0. The smallest absolute Gasteiger partial charge is 0.305 e. The van der Waals surface area contributed by atoms with Gasteiger partial charge in [-0.3, -0.25) is 9.59 Å². The Bertz CT molecular complexity index is 1000. The van der Waals surface area contributed by atoms with E-state index in [1.54, 1.807) is 6.08 Å². The fourth-order valence-electron chi connectivity index (χ4n) is 7.37. The lowest BCUT2D eigenvalue weighted by Crippen LogP contribution is -2.45. The quantitative estimate of drug-likeness (QED) is 0.0323. The highest BCUT2D eigenvalue weighted by atomic mass is 16.5. The van der Waals surface area contributed by atoms with Crippen molar-refractivity contribution in [3.8, 4) is 0 Å². The summed E-state index contributed by atoms with van der Waals surface area (Å²) in [4.78, 5) is 24.3. The van der Waals surface area contributed by atoms with Crippen molar-refractivity contribution in [2.75, 3.05) is 13.2 Å². The Morgan fingerprint density at radius 1 is 0.475 bits per heavy atom. The van der Waals surface area contributed by atoms with Crippen LogP contribution in [0.15, 0.2) is 48.6 Å². The summed E-state index contributed by atoms with van der Waals surface area (Å²) in [5, 5.41) is 22.9. The van der Waals surface area contributed by atoms with Crippen molar-refractivity contribution in [2.24, 2.45) is 0 Å². The highest BCUT2D eigenvalue weighted by molar-refractivity contribution is 5.76. The van der Waals surface area contributed by atoms with Crippen LogP contribution in [0, 0.1) is 0 Å². The highest BCUT2D eigenvalue weighted by Crippen LogP contribution is 2.14. The molecule has 0 aromatic heterocycles. The highest BCUT2D eigenvalue weighted by Gasteiger charge is 2.18. The average molecular weight is 828 g/mol. The summed E-state index contributed by atoms with van der Waals surface area (Å²) in [5.41, 5.74) is 0. The predicted octanol–water partition coefficient (Wildman–Crippen LogP) is 15.1. The minimum absolute atomic E-state index is 0.0111. The van der Waals surface area contributed by atoms with Crippen molar-refractivity contribution < 1.29 is 24.5 Å². The van der Waals surface area contributed by atoms with Gasteiger partial charge in [0, 0.05) is 12.8 Å². The number of hydrogen-bond donors (Lipinski definition) is 3. The topological polar surface area (TPSA) is 95.9 Å². The third-order valence-corrected chi connectivity index (χ3v) is 11.3. The number of carbonyl (C=O) groups is 2. The molecule has 0 aromatic rings. The first-order valence-corrected chi connectivity index (χ1v) is 25.4. The van der Waals surface area contributed by atoms with Gasteiger partial charge in [0.15, 0.2) is 0 Å². The van der Waals surface area contributed by atoms with Gasteiger partial charge in [-0.15, -0.1) is 0 Å². The molecule has 6 nitrogen and oxygen atoms in total. The van der Waals surface area contributed by atoms with Crippen molar-refractivity contribution in [1.29, 1.82) is 0 Å². The lowest BCUT2D eigenvalue weighted by Gasteiger charge is -2.20. The number of nitrogens with one attached hydrogen (secondary N) is 1. The number of rotatable bonds is 46. The van der Waals surface area contributed by atoms with E-state index in [-0.39, 0.29) is 18.5 Å². The van der Waals surface area contributed by atoms with Gasteiger partial charge in [0.25, 0.3) is 0 Å². The molecule has 0 aliphatic heterocycles. The molecule has 3 N–H and O–H groups in total. The maximum atomic E-state index is 12.4. The Hall–Kier alpha value is -2.18. The Morgan fingerprint density at radius 3 is 1.37 bits per heavy atom. The van der Waals surface area contributed by atoms with E-state index in [9.17, 15) is 19.8 Å². The second-order valence-corrected chi connectivity index (χ2v) is 17.1. The second-order valence-electron chi connectivity index (χ2n) is 17.1. The summed E-state index contributed by atoms with van der Waals surface area (Å²) < 4.78 is 5.45. The van der Waals surface area contributed by atoms with Crippen LogP contribution < -0.4 is 5.32 Å². The monoisotopic (exact) mass is 828 g/mol. The molecular formula is C53H97NO5. The Balaban J connectivity index is 3.45. The van der Waals surface area contributed by atoms with E-state index in [0.717, 1.165) is 57.8 Å². The summed E-state index contributed by atoms with van der Waals surface area (Å²) in [7, 11) is 0. The van der Waals surface area contributed by atoms with E-state index >= 15 is 0 Å². The molecule has 59 heavy (non-hydrogen) atoms. The molecule has 0 heterocycles. The molecule has 0 spiro atoms. The number of hydrogen-bond acceptors (Lipinski definition) is 5. The van der Waals surface area contributed by atoms with Gasteiger partial charge in [0.1, 0.15) is 0 Å². The van der Waals surface area contributed by atoms with Gasteiger partial charge in [-0.2, -0.15) is 0 Å². The van der Waals surface area contributed by atoms with Crippen molar-refractivity contribution in [3.63, 3.8) is 0 Å². The van der Waals surface area contributed by atoms with Crippen LogP contribution in [0.1, 0.15) is 251 Å². The summed E-state index contributed by atoms with van der Waals surface area (Å²) in [6.45, 7) is 4.78. The van der Waals surface area contributed by atoms with Crippen molar-refractivity contribution in [1.82, 2.24) is 5.32 Å². The normalized spacial score (nSPS) is 13.1. The molecule has 0 aliphatic carbocycles. The van der Waals surface area contributed by atoms with E-state index in [1.807, 2.05) is 6.08 Å². The molecule has 1 amide bonds. The minimum Gasteiger partial charge on any atom is -0.466 e. The van der Waals surface area contributed by atoms with Crippen molar-refractivity contribution in [2.45, 2.75) is 264 Å². The van der Waals surface area contributed by atoms with E-state index in [1.165, 1.54) is 167 Å². The summed E-state index contributed by atoms with van der Waals surface area (Å²) in [5.74, 6) is -0.0923. The molecular weight excluding hydrogens is 731 g/mol. The molecule has 344 valence electrons. The molecule has 2 unspecified atom stereocenters. The molecule has 0 fully saturated rings. The zero-order valence-corrected chi connectivity index (χ0v) is 39.0. The molecule has 0 aromatic carbocycles. The predicted molar refractivity (Wildman–Crippen MR) is 255 cm³/mol. The molecule has 0 bridgehead atoms. The van der Waals surface area contributed by atoms with Gasteiger partial charge < -0.3 is 20.3 Å². The lowest BCUT2D eigenvalue weighted by atomic mass is 10.1. The maximum absolute atomic E-state index is 12.4. The van der Waals surface area contributed by atoms with Gasteiger partial charge in [-0.1, -0.05) is 204 Å². The van der Waals surface area contributed by atoms with Gasteiger partial charge in [0.2, 0.25) is 5.91 Å². The van der Waals surface area contributed by atoms with Crippen LogP contribution in [-0.4, -0.2) is 47.4 Å². The third-order valence-electron chi connectivity index (χ3n) is 11.3. The first-order valence-electron chi connectivity index (χ1n) is 25.4. The van der Waals surface area contributed by atoms with Gasteiger partial charge in [0.05, 0.1) is 25.4 Å². The van der Waals surface area contributed by atoms with E-state index in [0.29, 0.717) is 19.4 Å². The minimum atomic E-state index is -0.848.